The van der Waals surface area contributed by atoms with E-state index < -0.39 is 50.2 Å². The Labute approximate surface area is 339 Å². The van der Waals surface area contributed by atoms with Crippen molar-refractivity contribution in [3.8, 4) is 0 Å². The van der Waals surface area contributed by atoms with Crippen molar-refractivity contribution in [3.63, 3.8) is 0 Å². The average Bonchev–Trinajstić information content (AvgIpc) is 3.43. The van der Waals surface area contributed by atoms with Crippen molar-refractivity contribution >= 4 is 0 Å². The van der Waals surface area contributed by atoms with Crippen LogP contribution in [0.5, 0.6) is 0 Å². The Morgan fingerprint density at radius 3 is 0.885 bits per heavy atom. The van der Waals surface area contributed by atoms with Gasteiger partial charge in [0.25, 0.3) is 0 Å². The summed E-state index contributed by atoms with van der Waals surface area (Å²) in [7, 11) is 0. The van der Waals surface area contributed by atoms with Gasteiger partial charge in [-0.1, -0.05) is 235 Å². The topological polar surface area (TPSA) is 0 Å². The van der Waals surface area contributed by atoms with Crippen LogP contribution in [0.2, 0.25) is 0 Å². The molecule has 6 heteroatoms. The molecule has 52 heavy (non-hydrogen) atoms. The Kier molecular flexibility index (Phi) is 36.9. The Bertz CT molecular complexity index is 863. The second kappa shape index (κ2) is 41.7. The molecule has 0 heterocycles. The summed E-state index contributed by atoms with van der Waals surface area (Å²) in [5.74, 6) is -0.458. The highest BCUT2D eigenvalue weighted by molar-refractivity contribution is 4.61. The molecule has 0 spiro atoms. The normalized spacial score (nSPS) is 20.2. The van der Waals surface area contributed by atoms with Gasteiger partial charge in [-0.3, -0.25) is 0 Å². The molecule has 326 valence electrons. The highest BCUT2D eigenvalue weighted by atomic mass is 19.4. The highest BCUT2D eigenvalue weighted by Crippen LogP contribution is 2.27. The van der Waals surface area contributed by atoms with Gasteiger partial charge in [-0.05, 0) is 40.4 Å². The molecular weight excluding hydrogens is 666 g/mol. The second-order valence-corrected chi connectivity index (χ2v) is 16.2. The SMILES string of the molecule is CC.CCC.CC[C@H](C)CC(F)(F)F.CC[C@H](C)CC(F)(F)F.[2H]C([2H])(C)C(C)(C)C.[2H]C([2H])(C)C(C)C.[2H]C([2H])([2H])C(C)(C)C.[2H]C1(C)CCCC1.[2H]C1(C)CCCCC1. The molecule has 2 fully saturated rings. The first-order valence-electron chi connectivity index (χ1n) is 24.8. The summed E-state index contributed by atoms with van der Waals surface area (Å²) in [4.78, 5) is 0. The fourth-order valence-electron chi connectivity index (χ4n) is 3.21. The Morgan fingerprint density at radius 2 is 0.808 bits per heavy atom. The minimum Gasteiger partial charge on any atom is -0.171 e. The van der Waals surface area contributed by atoms with Gasteiger partial charge in [0.1, 0.15) is 0 Å². The van der Waals surface area contributed by atoms with E-state index in [1.54, 1.807) is 62.3 Å². The van der Waals surface area contributed by atoms with Crippen molar-refractivity contribution < 1.29 is 38.7 Å². The summed E-state index contributed by atoms with van der Waals surface area (Å²) in [6.45, 7) is 35.0. The maximum Gasteiger partial charge on any atom is 0.389 e. The van der Waals surface area contributed by atoms with Gasteiger partial charge in [0.2, 0.25) is 0 Å². The summed E-state index contributed by atoms with van der Waals surface area (Å²) in [5, 5.41) is 0. The molecule has 2 atom stereocenters. The van der Waals surface area contributed by atoms with E-state index in [9.17, 15) is 26.3 Å². The lowest BCUT2D eigenvalue weighted by molar-refractivity contribution is -0.144. The van der Waals surface area contributed by atoms with E-state index in [-0.39, 0.29) is 35.0 Å². The standard InChI is InChI=1S/C7H14.2C6H11F3.C6H12.C6H14.2C5H12.C3H8.C2H6/c1-7-5-3-2-4-6-7;2*1-3-5(2)4-6(7,8)9;1-6-4-2-3-5-6;1-5-6(2,3)4;1-5(2,3)4;1-4-5(2)3;1-3-2;1-2/h7H,2-6H2,1H3;2*5H,3-4H2,1-2H3;6H,2-5H2,1H3;5H2,1-4H3;1-4H3;5H,4H2,1-3H3;3H2,1-2H3;1-2H3/t;2*5-;;;;;;/m.00....../s1/i7D;;;6D;5D2;1D3;4D2;;. The van der Waals surface area contributed by atoms with Crippen LogP contribution in [0.4, 0.5) is 26.3 Å². The number of hydrogen-bond donors (Lipinski definition) is 0. The molecule has 0 bridgehead atoms. The van der Waals surface area contributed by atoms with Crippen LogP contribution in [0, 0.1) is 40.4 Å². The Morgan fingerprint density at radius 1 is 0.596 bits per heavy atom. The zero-order valence-corrected chi connectivity index (χ0v) is 38.4. The average molecular weight is 776 g/mol. The quantitative estimate of drug-likeness (QED) is 0.244. The molecule has 0 aromatic rings. The van der Waals surface area contributed by atoms with Gasteiger partial charge >= 0.3 is 12.4 Å². The van der Waals surface area contributed by atoms with Gasteiger partial charge in [-0.2, -0.15) is 26.3 Å². The van der Waals surface area contributed by atoms with Gasteiger partial charge in [0.15, 0.2) is 0 Å². The molecule has 0 radical (unpaired) electrons. The van der Waals surface area contributed by atoms with Gasteiger partial charge in [0.05, 0.1) is 0 Å². The van der Waals surface area contributed by atoms with Crippen LogP contribution in [0.15, 0.2) is 0 Å². The zero-order valence-electron chi connectivity index (χ0n) is 47.4. The van der Waals surface area contributed by atoms with Crippen LogP contribution in [0.1, 0.15) is 260 Å². The number of halogens is 6. The fraction of sp³-hybridized carbons (Fsp3) is 1.00. The van der Waals surface area contributed by atoms with Crippen molar-refractivity contribution in [2.45, 2.75) is 260 Å². The lowest BCUT2D eigenvalue weighted by Crippen LogP contribution is -2.12. The van der Waals surface area contributed by atoms with Crippen molar-refractivity contribution in [2.75, 3.05) is 0 Å². The molecule has 0 amide bonds. The van der Waals surface area contributed by atoms with E-state index in [1.165, 1.54) is 38.5 Å². The number of rotatable bonds is 5. The summed E-state index contributed by atoms with van der Waals surface area (Å²) >= 11 is 0. The number of hydrogen-bond acceptors (Lipinski definition) is 0. The molecule has 2 saturated carbocycles. The lowest BCUT2D eigenvalue weighted by atomic mass is 9.91. The number of alkyl halides is 6. The monoisotopic (exact) mass is 776 g/mol. The Balaban J connectivity index is -0.000000110. The molecule has 0 unspecified atom stereocenters. The van der Waals surface area contributed by atoms with Crippen LogP contribution in [0.25, 0.3) is 0 Å². The molecule has 0 nitrogen and oxygen atoms in total. The maximum atomic E-state index is 11.5. The lowest BCUT2D eigenvalue weighted by Gasteiger charge is -2.15. The van der Waals surface area contributed by atoms with Crippen LogP contribution >= 0.6 is 0 Å². The van der Waals surface area contributed by atoms with E-state index in [0.717, 1.165) is 25.7 Å². The Hall–Kier alpha value is -0.420. The minimum absolute atomic E-state index is 0.0556. The van der Waals surface area contributed by atoms with Gasteiger partial charge < -0.3 is 0 Å². The van der Waals surface area contributed by atoms with Crippen LogP contribution in [0.3, 0.4) is 0 Å². The third-order valence-corrected chi connectivity index (χ3v) is 7.05. The third kappa shape index (κ3) is 104. The molecule has 0 aliphatic heterocycles. The molecule has 0 N–H and O–H groups in total. The van der Waals surface area contributed by atoms with Gasteiger partial charge in [-0.25, -0.2) is 0 Å². The van der Waals surface area contributed by atoms with Crippen molar-refractivity contribution in [3.05, 3.63) is 0 Å². The first-order valence-corrected chi connectivity index (χ1v) is 20.3. The van der Waals surface area contributed by atoms with E-state index in [0.29, 0.717) is 12.8 Å². The molecule has 2 aliphatic carbocycles. The predicted molar refractivity (Wildman–Crippen MR) is 227 cm³/mol. The van der Waals surface area contributed by atoms with E-state index in [4.69, 9.17) is 12.3 Å². The fourth-order valence-corrected chi connectivity index (χ4v) is 3.21. The van der Waals surface area contributed by atoms with Crippen molar-refractivity contribution in [2.24, 2.45) is 40.4 Å². The van der Waals surface area contributed by atoms with Crippen LogP contribution < -0.4 is 0 Å². The highest BCUT2D eigenvalue weighted by Gasteiger charge is 2.29. The summed E-state index contributed by atoms with van der Waals surface area (Å²) in [6, 6.07) is 0. The second-order valence-electron chi connectivity index (χ2n) is 16.2. The van der Waals surface area contributed by atoms with Crippen molar-refractivity contribution in [1.82, 2.24) is 0 Å². The molecule has 2 rings (SSSR count). The summed E-state index contributed by atoms with van der Waals surface area (Å²) in [5.41, 5.74) is -0.792. The smallest absolute Gasteiger partial charge is 0.171 e. The van der Waals surface area contributed by atoms with E-state index in [2.05, 4.69) is 13.8 Å². The first-order chi connectivity index (χ1) is 26.7. The molecule has 0 saturated heterocycles. The molecule has 2 aliphatic rings. The van der Waals surface area contributed by atoms with Crippen molar-refractivity contribution in [1.29, 1.82) is 0 Å². The predicted octanol–water partition coefficient (Wildman–Crippen LogP) is 19.7. The molecule has 0 aromatic heterocycles. The van der Waals surface area contributed by atoms with Crippen LogP contribution in [-0.4, -0.2) is 12.4 Å². The zero-order chi connectivity index (χ0) is 51.1. The van der Waals surface area contributed by atoms with Gasteiger partial charge in [0, 0.05) is 25.2 Å². The van der Waals surface area contributed by atoms with Gasteiger partial charge in [-0.15, -0.1) is 0 Å². The van der Waals surface area contributed by atoms with Crippen LogP contribution in [-0.2, 0) is 0 Å². The van der Waals surface area contributed by atoms with E-state index >= 15 is 0 Å². The maximum absolute atomic E-state index is 11.5. The van der Waals surface area contributed by atoms with E-state index in [1.807, 2.05) is 62.3 Å². The third-order valence-electron chi connectivity index (χ3n) is 7.05. The summed E-state index contributed by atoms with van der Waals surface area (Å²) < 4.78 is 133. The first kappa shape index (κ1) is 46.0. The molecular formula is C46H100F6. The largest absolute Gasteiger partial charge is 0.389 e. The minimum atomic E-state index is -3.98. The molecule has 0 aromatic carbocycles. The summed E-state index contributed by atoms with van der Waals surface area (Å²) in [6.07, 6.45) is 2.07.